The zero-order valence-corrected chi connectivity index (χ0v) is 13.4. The molecule has 0 bridgehead atoms. The minimum Gasteiger partial charge on any atom is -0.356 e. The Hall–Kier alpha value is -3.06. The third kappa shape index (κ3) is 2.89. The van der Waals surface area contributed by atoms with Crippen LogP contribution in [0.4, 0.5) is 5.13 Å². The van der Waals surface area contributed by atoms with Crippen LogP contribution in [0.2, 0.25) is 0 Å². The highest BCUT2D eigenvalue weighted by atomic mass is 32.1. The highest BCUT2D eigenvalue weighted by Crippen LogP contribution is 2.20. The Morgan fingerprint density at radius 2 is 1.92 bits per heavy atom. The van der Waals surface area contributed by atoms with E-state index in [1.54, 1.807) is 6.20 Å². The van der Waals surface area contributed by atoms with Gasteiger partial charge in [-0.1, -0.05) is 41.7 Å². The third-order valence-corrected chi connectivity index (χ3v) is 4.44. The average Bonchev–Trinajstić information content (AvgIpc) is 3.06. The van der Waals surface area contributed by atoms with Gasteiger partial charge in [-0.15, -0.1) is 5.10 Å². The fourth-order valence-corrected chi connectivity index (χ4v) is 3.11. The van der Waals surface area contributed by atoms with E-state index >= 15 is 0 Å². The summed E-state index contributed by atoms with van der Waals surface area (Å²) in [6, 6.07) is 13.6. The lowest BCUT2D eigenvalue weighted by atomic mass is 10.1. The number of hydrogen-bond donors (Lipinski definition) is 1. The van der Waals surface area contributed by atoms with E-state index in [0.717, 1.165) is 16.7 Å². The highest BCUT2D eigenvalue weighted by molar-refractivity contribution is 7.20. The topological polar surface area (TPSA) is 72.2 Å². The number of pyridine rings is 1. The maximum atomic E-state index is 11.7. The zero-order valence-electron chi connectivity index (χ0n) is 12.6. The van der Waals surface area contributed by atoms with Crippen molar-refractivity contribution in [3.05, 3.63) is 77.0 Å². The number of anilines is 1. The summed E-state index contributed by atoms with van der Waals surface area (Å²) in [7, 11) is 0. The summed E-state index contributed by atoms with van der Waals surface area (Å²) in [6.07, 6.45) is 5.11. The van der Waals surface area contributed by atoms with Crippen LogP contribution in [0.1, 0.15) is 5.56 Å². The average molecular weight is 335 g/mol. The molecule has 4 aromatic rings. The molecule has 4 rings (SSSR count). The molecular formula is C17H13N5OS. The SMILES string of the molecule is O=c1ccnc2sc(NCc3ccc(-c4cccnc4)cc3)nn12. The van der Waals surface area contributed by atoms with Gasteiger partial charge in [0.05, 0.1) is 0 Å². The van der Waals surface area contributed by atoms with Gasteiger partial charge in [-0.2, -0.15) is 4.52 Å². The van der Waals surface area contributed by atoms with Crippen molar-refractivity contribution in [3.63, 3.8) is 0 Å². The van der Waals surface area contributed by atoms with Crippen LogP contribution in [0.15, 0.2) is 65.8 Å². The molecule has 0 aliphatic heterocycles. The molecule has 7 heteroatoms. The van der Waals surface area contributed by atoms with Crippen molar-refractivity contribution in [2.45, 2.75) is 6.54 Å². The fraction of sp³-hybridized carbons (Fsp3) is 0.0588. The zero-order chi connectivity index (χ0) is 16.4. The summed E-state index contributed by atoms with van der Waals surface area (Å²) in [6.45, 7) is 0.627. The van der Waals surface area contributed by atoms with Crippen LogP contribution < -0.4 is 10.9 Å². The molecule has 3 heterocycles. The van der Waals surface area contributed by atoms with Crippen molar-refractivity contribution >= 4 is 21.4 Å². The van der Waals surface area contributed by atoms with Gasteiger partial charge in [0.25, 0.3) is 5.56 Å². The van der Waals surface area contributed by atoms with E-state index in [0.29, 0.717) is 16.6 Å². The number of hydrogen-bond acceptors (Lipinski definition) is 6. The molecule has 0 atom stereocenters. The van der Waals surface area contributed by atoms with Crippen molar-refractivity contribution in [2.24, 2.45) is 0 Å². The van der Waals surface area contributed by atoms with E-state index in [1.165, 1.54) is 28.1 Å². The quantitative estimate of drug-likeness (QED) is 0.621. The normalized spacial score (nSPS) is 10.8. The molecule has 0 unspecified atom stereocenters. The summed E-state index contributed by atoms with van der Waals surface area (Å²) >= 11 is 1.35. The van der Waals surface area contributed by atoms with Crippen LogP contribution in [0.25, 0.3) is 16.1 Å². The second-order valence-corrected chi connectivity index (χ2v) is 6.13. The molecule has 0 spiro atoms. The summed E-state index contributed by atoms with van der Waals surface area (Å²) in [5.41, 5.74) is 3.17. The Kier molecular flexibility index (Phi) is 3.76. The summed E-state index contributed by atoms with van der Waals surface area (Å²) in [5.74, 6) is 0. The molecule has 1 aromatic carbocycles. The van der Waals surface area contributed by atoms with Crippen LogP contribution in [0.5, 0.6) is 0 Å². The minimum atomic E-state index is -0.176. The molecule has 0 aliphatic carbocycles. The van der Waals surface area contributed by atoms with Gasteiger partial charge < -0.3 is 5.32 Å². The van der Waals surface area contributed by atoms with Crippen molar-refractivity contribution < 1.29 is 0 Å². The number of nitrogens with zero attached hydrogens (tertiary/aromatic N) is 4. The monoisotopic (exact) mass is 335 g/mol. The Bertz CT molecular complexity index is 1020. The first-order valence-corrected chi connectivity index (χ1v) is 8.19. The van der Waals surface area contributed by atoms with E-state index < -0.39 is 0 Å². The van der Waals surface area contributed by atoms with Crippen molar-refractivity contribution in [3.8, 4) is 11.1 Å². The Labute approximate surface area is 141 Å². The lowest BCUT2D eigenvalue weighted by molar-refractivity contribution is 0.895. The second kappa shape index (κ2) is 6.21. The first-order valence-electron chi connectivity index (χ1n) is 7.38. The van der Waals surface area contributed by atoms with Gasteiger partial charge >= 0.3 is 0 Å². The van der Waals surface area contributed by atoms with Gasteiger partial charge in [0.15, 0.2) is 0 Å². The molecule has 0 saturated carbocycles. The molecule has 0 fully saturated rings. The lowest BCUT2D eigenvalue weighted by Gasteiger charge is -2.05. The second-order valence-electron chi connectivity index (χ2n) is 5.18. The predicted octanol–water partition coefficient (Wildman–Crippen LogP) is 2.83. The number of aromatic nitrogens is 4. The Morgan fingerprint density at radius 1 is 1.04 bits per heavy atom. The molecule has 1 N–H and O–H groups in total. The molecule has 6 nitrogen and oxygen atoms in total. The van der Waals surface area contributed by atoms with E-state index in [4.69, 9.17) is 0 Å². The lowest BCUT2D eigenvalue weighted by Crippen LogP contribution is -2.12. The standard InChI is InChI=1S/C17H13N5OS/c23-15-7-9-19-17-22(15)21-16(24-17)20-10-12-3-5-13(6-4-12)14-2-1-8-18-11-14/h1-9,11H,10H2,(H,20,21). The molecule has 118 valence electrons. The molecule has 0 amide bonds. The fourth-order valence-electron chi connectivity index (χ4n) is 2.34. The first kappa shape index (κ1) is 14.5. The van der Waals surface area contributed by atoms with Crippen LogP contribution in [-0.4, -0.2) is 19.6 Å². The number of rotatable bonds is 4. The number of fused-ring (bicyclic) bond motifs is 1. The molecule has 0 saturated heterocycles. The summed E-state index contributed by atoms with van der Waals surface area (Å²) in [5, 5.41) is 8.13. The van der Waals surface area contributed by atoms with Gasteiger partial charge in [-0.25, -0.2) is 4.98 Å². The van der Waals surface area contributed by atoms with Crippen molar-refractivity contribution in [1.29, 1.82) is 0 Å². The van der Waals surface area contributed by atoms with Gasteiger partial charge in [0, 0.05) is 31.2 Å². The number of nitrogens with one attached hydrogen (secondary N) is 1. The maximum absolute atomic E-state index is 11.7. The van der Waals surface area contributed by atoms with E-state index in [1.807, 2.05) is 18.3 Å². The van der Waals surface area contributed by atoms with E-state index in [-0.39, 0.29) is 5.56 Å². The smallest absolute Gasteiger partial charge is 0.275 e. The summed E-state index contributed by atoms with van der Waals surface area (Å²) in [4.78, 5) is 20.5. The highest BCUT2D eigenvalue weighted by Gasteiger charge is 2.05. The van der Waals surface area contributed by atoms with Gasteiger partial charge in [-0.05, 0) is 22.8 Å². The Balaban J connectivity index is 1.49. The largest absolute Gasteiger partial charge is 0.356 e. The molecular weight excluding hydrogens is 322 g/mol. The molecule has 0 aliphatic rings. The van der Waals surface area contributed by atoms with Crippen LogP contribution in [0, 0.1) is 0 Å². The minimum absolute atomic E-state index is 0.176. The first-order chi connectivity index (χ1) is 11.8. The van der Waals surface area contributed by atoms with Gasteiger partial charge in [-0.3, -0.25) is 9.78 Å². The van der Waals surface area contributed by atoms with Gasteiger partial charge in [0.1, 0.15) is 0 Å². The van der Waals surface area contributed by atoms with Crippen LogP contribution in [-0.2, 0) is 6.54 Å². The third-order valence-electron chi connectivity index (χ3n) is 3.56. The molecule has 3 aromatic heterocycles. The number of benzene rings is 1. The van der Waals surface area contributed by atoms with Crippen LogP contribution >= 0.6 is 11.3 Å². The maximum Gasteiger partial charge on any atom is 0.275 e. The van der Waals surface area contributed by atoms with Crippen LogP contribution in [0.3, 0.4) is 0 Å². The van der Waals surface area contributed by atoms with Gasteiger partial charge in [0.2, 0.25) is 10.1 Å². The summed E-state index contributed by atoms with van der Waals surface area (Å²) < 4.78 is 1.30. The van der Waals surface area contributed by atoms with E-state index in [9.17, 15) is 4.79 Å². The Morgan fingerprint density at radius 3 is 2.67 bits per heavy atom. The molecule has 0 radical (unpaired) electrons. The van der Waals surface area contributed by atoms with Crippen molar-refractivity contribution in [1.82, 2.24) is 19.6 Å². The predicted molar refractivity (Wildman–Crippen MR) is 94.1 cm³/mol. The molecule has 24 heavy (non-hydrogen) atoms. The van der Waals surface area contributed by atoms with Crippen molar-refractivity contribution in [2.75, 3.05) is 5.32 Å². The van der Waals surface area contributed by atoms with E-state index in [2.05, 4.69) is 44.6 Å².